The van der Waals surface area contributed by atoms with E-state index in [-0.39, 0.29) is 32.1 Å². The van der Waals surface area contributed by atoms with Crippen LogP contribution in [0, 0.1) is 0 Å². The molecule has 30 heavy (non-hydrogen) atoms. The molecule has 0 bridgehead atoms. The van der Waals surface area contributed by atoms with Crippen molar-refractivity contribution in [3.63, 3.8) is 0 Å². The number of hydrogen-bond acceptors (Lipinski definition) is 7. The van der Waals surface area contributed by atoms with Crippen LogP contribution in [0.4, 0.5) is 0 Å². The Bertz CT molecular complexity index is 683. The Labute approximate surface area is 170 Å². The molecule has 0 saturated carbocycles. The topological polar surface area (TPSA) is 237 Å². The zero-order valence-electron chi connectivity index (χ0n) is 15.9. The average Bonchev–Trinajstić information content (AvgIpc) is 2.60. The van der Waals surface area contributed by atoms with E-state index in [1.807, 2.05) is 5.09 Å². The quantitative estimate of drug-likeness (QED) is 0.109. The van der Waals surface area contributed by atoms with E-state index in [4.69, 9.17) is 20.4 Å². The third kappa shape index (κ3) is 13.6. The zero-order chi connectivity index (χ0) is 23.3. The minimum atomic E-state index is -4.61. The SMILES string of the molecule is O=C(O)CCCC(=O)N[C@@H](CCCOP(=O)(O)N[C@@H](CCC(=O)O)C(=O)O)C(=O)O. The lowest BCUT2D eigenvalue weighted by molar-refractivity contribution is -0.142. The highest BCUT2D eigenvalue weighted by Gasteiger charge is 2.29. The fourth-order valence-corrected chi connectivity index (χ4v) is 3.23. The Balaban J connectivity index is 4.47. The van der Waals surface area contributed by atoms with Crippen molar-refractivity contribution in [2.45, 2.75) is 57.0 Å². The summed E-state index contributed by atoms with van der Waals surface area (Å²) in [6.07, 6.45) is -1.70. The molecule has 7 N–H and O–H groups in total. The average molecular weight is 456 g/mol. The summed E-state index contributed by atoms with van der Waals surface area (Å²) in [5.41, 5.74) is 0. The number of aliphatic carboxylic acids is 4. The van der Waals surface area contributed by atoms with Crippen LogP contribution in [0.25, 0.3) is 0 Å². The molecule has 0 radical (unpaired) electrons. The second-order valence-corrected chi connectivity index (χ2v) is 7.71. The molecule has 0 heterocycles. The van der Waals surface area contributed by atoms with Gasteiger partial charge in [-0.05, 0) is 25.7 Å². The molecule has 172 valence electrons. The second-order valence-electron chi connectivity index (χ2n) is 6.15. The van der Waals surface area contributed by atoms with E-state index >= 15 is 0 Å². The van der Waals surface area contributed by atoms with E-state index in [1.54, 1.807) is 0 Å². The first-order valence-electron chi connectivity index (χ1n) is 8.77. The standard InChI is InChI=1S/C15H25N2O12P/c18-11(4-1-5-12(19)20)16-9(14(23)24)3-2-8-29-30(27,28)17-10(15(25)26)6-7-13(21)22/h9-10H,1-8H2,(H,16,18)(H,19,20)(H,21,22)(H,23,24)(H,25,26)(H2,17,27,28)/t9-,10-/m0/s1. The van der Waals surface area contributed by atoms with Gasteiger partial charge in [0.15, 0.2) is 0 Å². The van der Waals surface area contributed by atoms with E-state index in [0.29, 0.717) is 0 Å². The van der Waals surface area contributed by atoms with Gasteiger partial charge in [0.25, 0.3) is 0 Å². The summed E-state index contributed by atoms with van der Waals surface area (Å²) in [5.74, 6) is -5.97. The highest BCUT2D eigenvalue weighted by atomic mass is 31.2. The number of carboxylic acids is 4. The molecule has 0 spiro atoms. The summed E-state index contributed by atoms with van der Waals surface area (Å²) in [6, 6.07) is -2.98. The van der Waals surface area contributed by atoms with Gasteiger partial charge in [-0.25, -0.2) is 14.4 Å². The molecule has 0 saturated heterocycles. The lowest BCUT2D eigenvalue weighted by atomic mass is 10.1. The Morgan fingerprint density at radius 1 is 0.800 bits per heavy atom. The first-order chi connectivity index (χ1) is 13.8. The monoisotopic (exact) mass is 456 g/mol. The van der Waals surface area contributed by atoms with Gasteiger partial charge < -0.3 is 30.6 Å². The minimum Gasteiger partial charge on any atom is -0.481 e. The van der Waals surface area contributed by atoms with Gasteiger partial charge in [0.1, 0.15) is 12.1 Å². The van der Waals surface area contributed by atoms with Crippen LogP contribution in [0.15, 0.2) is 0 Å². The molecule has 0 aliphatic rings. The summed E-state index contributed by atoms with van der Waals surface area (Å²) in [5, 5.41) is 39.1. The van der Waals surface area contributed by atoms with Crippen LogP contribution in [-0.2, 0) is 33.1 Å². The van der Waals surface area contributed by atoms with Crippen LogP contribution in [0.5, 0.6) is 0 Å². The Morgan fingerprint density at radius 2 is 1.37 bits per heavy atom. The van der Waals surface area contributed by atoms with Crippen LogP contribution >= 0.6 is 7.75 Å². The Hall–Kier alpha value is -2.54. The summed E-state index contributed by atoms with van der Waals surface area (Å²) in [7, 11) is -4.61. The molecular formula is C15H25N2O12P. The number of nitrogens with one attached hydrogen (secondary N) is 2. The number of rotatable bonds is 17. The van der Waals surface area contributed by atoms with E-state index in [9.17, 15) is 33.4 Å². The first-order valence-corrected chi connectivity index (χ1v) is 10.4. The molecule has 1 amide bonds. The smallest absolute Gasteiger partial charge is 0.403 e. The van der Waals surface area contributed by atoms with Crippen molar-refractivity contribution in [1.82, 2.24) is 10.4 Å². The number of hydrogen-bond donors (Lipinski definition) is 7. The van der Waals surface area contributed by atoms with Crippen molar-refractivity contribution in [2.24, 2.45) is 0 Å². The molecule has 3 atom stereocenters. The normalized spacial score (nSPS) is 14.8. The van der Waals surface area contributed by atoms with Gasteiger partial charge in [-0.3, -0.25) is 23.7 Å². The number of carbonyl (C=O) groups excluding carboxylic acids is 1. The van der Waals surface area contributed by atoms with Crippen LogP contribution in [-0.4, -0.2) is 73.8 Å². The van der Waals surface area contributed by atoms with E-state index in [0.717, 1.165) is 0 Å². The van der Waals surface area contributed by atoms with Gasteiger partial charge in [0.05, 0.1) is 6.61 Å². The van der Waals surface area contributed by atoms with Crippen molar-refractivity contribution >= 4 is 37.5 Å². The van der Waals surface area contributed by atoms with Gasteiger partial charge in [-0.1, -0.05) is 0 Å². The number of amides is 1. The molecule has 0 aromatic heterocycles. The largest absolute Gasteiger partial charge is 0.481 e. The predicted octanol–water partition coefficient (Wildman–Crippen LogP) is -0.384. The maximum absolute atomic E-state index is 11.9. The molecule has 0 fully saturated rings. The summed E-state index contributed by atoms with van der Waals surface area (Å²) in [6.45, 7) is -0.454. The maximum Gasteiger partial charge on any atom is 0.403 e. The highest BCUT2D eigenvalue weighted by Crippen LogP contribution is 2.38. The highest BCUT2D eigenvalue weighted by molar-refractivity contribution is 7.50. The molecule has 14 nitrogen and oxygen atoms in total. The van der Waals surface area contributed by atoms with Crippen molar-refractivity contribution in [2.75, 3.05) is 6.61 Å². The van der Waals surface area contributed by atoms with Crippen LogP contribution in [0.2, 0.25) is 0 Å². The van der Waals surface area contributed by atoms with E-state index in [1.165, 1.54) is 0 Å². The van der Waals surface area contributed by atoms with Gasteiger partial charge >= 0.3 is 31.6 Å². The molecule has 15 heteroatoms. The third-order valence-electron chi connectivity index (χ3n) is 3.60. The predicted molar refractivity (Wildman–Crippen MR) is 97.5 cm³/mol. The van der Waals surface area contributed by atoms with Crippen LogP contribution < -0.4 is 10.4 Å². The minimum absolute atomic E-state index is 0.0304. The van der Waals surface area contributed by atoms with Gasteiger partial charge in [0.2, 0.25) is 5.91 Å². The first kappa shape index (κ1) is 27.5. The van der Waals surface area contributed by atoms with Gasteiger partial charge in [0, 0.05) is 19.3 Å². The fraction of sp³-hybridized carbons (Fsp3) is 0.667. The molecule has 0 aliphatic carbocycles. The Morgan fingerprint density at radius 3 is 1.87 bits per heavy atom. The van der Waals surface area contributed by atoms with Crippen molar-refractivity contribution in [3.05, 3.63) is 0 Å². The van der Waals surface area contributed by atoms with Gasteiger partial charge in [-0.15, -0.1) is 0 Å². The lowest BCUT2D eigenvalue weighted by Gasteiger charge is -2.19. The second kappa shape index (κ2) is 13.6. The molecular weight excluding hydrogens is 431 g/mol. The third-order valence-corrected chi connectivity index (χ3v) is 4.77. The molecule has 0 aliphatic heterocycles. The fourth-order valence-electron chi connectivity index (χ4n) is 2.15. The molecule has 0 aromatic rings. The lowest BCUT2D eigenvalue weighted by Crippen LogP contribution is -2.40. The van der Waals surface area contributed by atoms with Crippen molar-refractivity contribution in [3.8, 4) is 0 Å². The van der Waals surface area contributed by atoms with E-state index < -0.39 is 69.1 Å². The number of carbonyl (C=O) groups is 5. The maximum atomic E-state index is 11.9. The zero-order valence-corrected chi connectivity index (χ0v) is 16.7. The number of carboxylic acid groups (broad SMARTS) is 4. The van der Waals surface area contributed by atoms with Crippen molar-refractivity contribution in [1.29, 1.82) is 0 Å². The van der Waals surface area contributed by atoms with E-state index in [2.05, 4.69) is 9.84 Å². The van der Waals surface area contributed by atoms with Crippen LogP contribution in [0.3, 0.4) is 0 Å². The molecule has 0 rings (SSSR count). The molecule has 1 unspecified atom stereocenters. The van der Waals surface area contributed by atoms with Gasteiger partial charge in [-0.2, -0.15) is 0 Å². The van der Waals surface area contributed by atoms with Crippen LogP contribution in [0.1, 0.15) is 44.9 Å². The summed E-state index contributed by atoms with van der Waals surface area (Å²) < 4.78 is 16.5. The molecule has 0 aromatic carbocycles. The van der Waals surface area contributed by atoms with Crippen molar-refractivity contribution < 1.29 is 58.4 Å². The summed E-state index contributed by atoms with van der Waals surface area (Å²) >= 11 is 0. The summed E-state index contributed by atoms with van der Waals surface area (Å²) in [4.78, 5) is 64.4. The Kier molecular flexibility index (Phi) is 12.5.